The van der Waals surface area contributed by atoms with Crippen LogP contribution in [0.15, 0.2) is 22.7 Å². The van der Waals surface area contributed by atoms with Crippen LogP contribution < -0.4 is 10.1 Å². The maximum atomic E-state index is 12.0. The average molecular weight is 357 g/mol. The van der Waals surface area contributed by atoms with E-state index in [1.165, 1.54) is 0 Å². The predicted molar refractivity (Wildman–Crippen MR) is 89.5 cm³/mol. The Bertz CT molecular complexity index is 464. The molecular weight excluding hydrogens is 332 g/mol. The van der Waals surface area contributed by atoms with E-state index in [2.05, 4.69) is 28.2 Å². The Labute approximate surface area is 136 Å². The van der Waals surface area contributed by atoms with Crippen LogP contribution in [-0.2, 0) is 11.3 Å². The summed E-state index contributed by atoms with van der Waals surface area (Å²) >= 11 is 3.49. The van der Waals surface area contributed by atoms with E-state index in [0.29, 0.717) is 0 Å². The van der Waals surface area contributed by atoms with Crippen molar-refractivity contribution in [2.45, 2.75) is 39.8 Å². The first kappa shape index (κ1) is 18.0. The van der Waals surface area contributed by atoms with Gasteiger partial charge in [-0.15, -0.1) is 0 Å². The van der Waals surface area contributed by atoms with Crippen LogP contribution in [0.2, 0.25) is 0 Å². The highest BCUT2D eigenvalue weighted by Gasteiger charge is 2.15. The zero-order valence-corrected chi connectivity index (χ0v) is 14.9. The molecule has 0 aliphatic heterocycles. The third-order valence-corrected chi connectivity index (χ3v) is 3.92. The lowest BCUT2D eigenvalue weighted by molar-refractivity contribution is -0.133. The minimum atomic E-state index is -0.0202. The van der Waals surface area contributed by atoms with E-state index in [4.69, 9.17) is 4.74 Å². The highest BCUT2D eigenvalue weighted by Crippen LogP contribution is 2.29. The van der Waals surface area contributed by atoms with Gasteiger partial charge in [-0.3, -0.25) is 4.79 Å². The van der Waals surface area contributed by atoms with Crippen LogP contribution in [0.5, 0.6) is 5.75 Å². The highest BCUT2D eigenvalue weighted by atomic mass is 79.9. The molecule has 118 valence electrons. The zero-order valence-electron chi connectivity index (χ0n) is 13.3. The Kier molecular flexibility index (Phi) is 7.75. The van der Waals surface area contributed by atoms with Crippen molar-refractivity contribution in [2.24, 2.45) is 0 Å². The molecule has 0 saturated heterocycles. The molecular formula is C16H25BrN2O2. The molecule has 0 atom stereocenters. The largest absolute Gasteiger partial charge is 0.482 e. The Morgan fingerprint density at radius 3 is 2.76 bits per heavy atom. The number of hydrogen-bond donors (Lipinski definition) is 1. The summed E-state index contributed by atoms with van der Waals surface area (Å²) in [7, 11) is 1.79. The van der Waals surface area contributed by atoms with Crippen LogP contribution >= 0.6 is 15.9 Å². The number of ether oxygens (including phenoxy) is 1. The molecule has 1 aromatic carbocycles. The van der Waals surface area contributed by atoms with Crippen molar-refractivity contribution >= 4 is 21.8 Å². The third-order valence-electron chi connectivity index (χ3n) is 3.30. The molecule has 0 saturated carbocycles. The molecule has 1 amide bonds. The van der Waals surface area contributed by atoms with Crippen molar-refractivity contribution in [3.63, 3.8) is 0 Å². The molecule has 0 bridgehead atoms. The summed E-state index contributed by atoms with van der Waals surface area (Å²) in [6.45, 7) is 7.84. The van der Waals surface area contributed by atoms with Gasteiger partial charge in [-0.25, -0.2) is 0 Å². The van der Waals surface area contributed by atoms with Gasteiger partial charge in [0, 0.05) is 25.2 Å². The fourth-order valence-electron chi connectivity index (χ4n) is 1.78. The number of rotatable bonds is 8. The molecule has 0 aliphatic carbocycles. The number of halogens is 1. The molecule has 21 heavy (non-hydrogen) atoms. The summed E-state index contributed by atoms with van der Waals surface area (Å²) in [5, 5.41) is 3.35. The second-order valence-corrected chi connectivity index (χ2v) is 6.15. The fraction of sp³-hybridized carbons (Fsp3) is 0.562. The van der Waals surface area contributed by atoms with Crippen molar-refractivity contribution in [2.75, 3.05) is 20.2 Å². The molecule has 0 unspecified atom stereocenters. The first-order valence-corrected chi connectivity index (χ1v) is 8.13. The maximum absolute atomic E-state index is 12.0. The summed E-state index contributed by atoms with van der Waals surface area (Å²) in [5.41, 5.74) is 1.05. The zero-order chi connectivity index (χ0) is 15.8. The number of nitrogens with one attached hydrogen (secondary N) is 1. The number of carbonyl (C=O) groups excluding carboxylic acids is 1. The first-order chi connectivity index (χ1) is 9.97. The molecule has 0 aromatic heterocycles. The average Bonchev–Trinajstić information content (AvgIpc) is 2.45. The second kappa shape index (κ2) is 9.05. The van der Waals surface area contributed by atoms with Crippen LogP contribution in [0.4, 0.5) is 0 Å². The Morgan fingerprint density at radius 2 is 2.14 bits per heavy atom. The molecule has 0 spiro atoms. The lowest BCUT2D eigenvalue weighted by Crippen LogP contribution is -2.36. The number of carbonyl (C=O) groups is 1. The molecule has 0 heterocycles. The molecule has 0 radical (unpaired) electrons. The van der Waals surface area contributed by atoms with Gasteiger partial charge in [0.25, 0.3) is 5.91 Å². The van der Waals surface area contributed by atoms with E-state index in [1.807, 2.05) is 32.0 Å². The van der Waals surface area contributed by atoms with Crippen LogP contribution in [0.3, 0.4) is 0 Å². The van der Waals surface area contributed by atoms with Crippen LogP contribution in [0, 0.1) is 0 Å². The van der Waals surface area contributed by atoms with Gasteiger partial charge in [0.1, 0.15) is 5.75 Å². The predicted octanol–water partition coefficient (Wildman–Crippen LogP) is 3.19. The van der Waals surface area contributed by atoms with E-state index < -0.39 is 0 Å². The van der Waals surface area contributed by atoms with Gasteiger partial charge >= 0.3 is 0 Å². The van der Waals surface area contributed by atoms with Gasteiger partial charge in [0.05, 0.1) is 4.47 Å². The maximum Gasteiger partial charge on any atom is 0.260 e. The Balaban J connectivity index is 2.71. The molecule has 4 nitrogen and oxygen atoms in total. The van der Waals surface area contributed by atoms with Crippen molar-refractivity contribution in [3.05, 3.63) is 28.2 Å². The topological polar surface area (TPSA) is 41.6 Å². The van der Waals surface area contributed by atoms with E-state index in [0.717, 1.165) is 35.3 Å². The standard InChI is InChI=1S/C16H25BrN2O2/c1-5-9-18-10-13-7-6-8-14(17)16(13)21-11-15(20)19(4)12(2)3/h6-8,12,18H,5,9-11H2,1-4H3. The quantitative estimate of drug-likeness (QED) is 0.727. The van der Waals surface area contributed by atoms with E-state index in [9.17, 15) is 4.79 Å². The fourth-order valence-corrected chi connectivity index (χ4v) is 2.30. The van der Waals surface area contributed by atoms with Crippen molar-refractivity contribution in [1.29, 1.82) is 0 Å². The monoisotopic (exact) mass is 356 g/mol. The van der Waals surface area contributed by atoms with Crippen LogP contribution in [-0.4, -0.2) is 37.0 Å². The van der Waals surface area contributed by atoms with Crippen molar-refractivity contribution in [3.8, 4) is 5.75 Å². The van der Waals surface area contributed by atoms with Gasteiger partial charge in [-0.05, 0) is 48.8 Å². The summed E-state index contributed by atoms with van der Waals surface area (Å²) in [5.74, 6) is 0.722. The number of hydrogen-bond acceptors (Lipinski definition) is 3. The van der Waals surface area contributed by atoms with Crippen LogP contribution in [0.1, 0.15) is 32.8 Å². The van der Waals surface area contributed by atoms with Crippen molar-refractivity contribution < 1.29 is 9.53 Å². The van der Waals surface area contributed by atoms with Gasteiger partial charge in [0.2, 0.25) is 0 Å². The molecule has 0 fully saturated rings. The molecule has 1 aromatic rings. The second-order valence-electron chi connectivity index (χ2n) is 5.29. The number of para-hydroxylation sites is 1. The molecule has 0 aliphatic rings. The summed E-state index contributed by atoms with van der Waals surface area (Å²) in [4.78, 5) is 13.7. The SMILES string of the molecule is CCCNCc1cccc(Br)c1OCC(=O)N(C)C(C)C. The molecule has 5 heteroatoms. The first-order valence-electron chi connectivity index (χ1n) is 7.33. The number of likely N-dealkylation sites (N-methyl/N-ethyl adjacent to an activating group) is 1. The van der Waals surface area contributed by atoms with Crippen molar-refractivity contribution in [1.82, 2.24) is 10.2 Å². The Hall–Kier alpha value is -1.07. The number of nitrogens with zero attached hydrogens (tertiary/aromatic N) is 1. The summed E-state index contributed by atoms with van der Waals surface area (Å²) in [6.07, 6.45) is 1.09. The molecule has 1 N–H and O–H groups in total. The number of amides is 1. The van der Waals surface area contributed by atoms with E-state index in [1.54, 1.807) is 11.9 Å². The normalized spacial score (nSPS) is 10.8. The minimum absolute atomic E-state index is 0.0202. The van der Waals surface area contributed by atoms with Gasteiger partial charge in [-0.1, -0.05) is 19.1 Å². The van der Waals surface area contributed by atoms with Crippen LogP contribution in [0.25, 0.3) is 0 Å². The highest BCUT2D eigenvalue weighted by molar-refractivity contribution is 9.10. The smallest absolute Gasteiger partial charge is 0.260 e. The van der Waals surface area contributed by atoms with E-state index >= 15 is 0 Å². The third kappa shape index (κ3) is 5.67. The summed E-state index contributed by atoms with van der Waals surface area (Å²) < 4.78 is 6.63. The lowest BCUT2D eigenvalue weighted by Gasteiger charge is -2.22. The van der Waals surface area contributed by atoms with Gasteiger partial charge in [0.15, 0.2) is 6.61 Å². The minimum Gasteiger partial charge on any atom is -0.482 e. The van der Waals surface area contributed by atoms with E-state index in [-0.39, 0.29) is 18.6 Å². The Morgan fingerprint density at radius 1 is 1.43 bits per heavy atom. The number of benzene rings is 1. The van der Waals surface area contributed by atoms with Gasteiger partial charge < -0.3 is 15.0 Å². The van der Waals surface area contributed by atoms with Gasteiger partial charge in [-0.2, -0.15) is 0 Å². The molecule has 1 rings (SSSR count). The summed E-state index contributed by atoms with van der Waals surface area (Å²) in [6, 6.07) is 6.09. The lowest BCUT2D eigenvalue weighted by atomic mass is 10.2.